The monoisotopic (exact) mass is 226 g/mol. The number of rotatable bonds is 10. The molecule has 0 aliphatic rings. The van der Waals surface area contributed by atoms with Crippen LogP contribution in [-0.2, 0) is 9.53 Å². The molecule has 0 aromatic rings. The zero-order valence-corrected chi connectivity index (χ0v) is 10.8. The molecule has 0 aromatic carbocycles. The minimum absolute atomic E-state index is 0.307. The molecule has 0 spiro atoms. The molecule has 0 heterocycles. The molecular formula is C14H26O2. The largest absolute Gasteiger partial charge is 0.463 e. The first kappa shape index (κ1) is 15.2. The van der Waals surface area contributed by atoms with Crippen molar-refractivity contribution in [1.29, 1.82) is 0 Å². The predicted molar refractivity (Wildman–Crippen MR) is 68.3 cm³/mol. The average Bonchev–Trinajstić information content (AvgIpc) is 2.32. The van der Waals surface area contributed by atoms with E-state index in [0.29, 0.717) is 6.61 Å². The zero-order chi connectivity index (χ0) is 12.2. The van der Waals surface area contributed by atoms with Crippen molar-refractivity contribution in [3.63, 3.8) is 0 Å². The van der Waals surface area contributed by atoms with E-state index in [1.807, 2.05) is 0 Å². The number of unbranched alkanes of at least 4 members (excludes halogenated alkanes) is 2. The van der Waals surface area contributed by atoms with Crippen LogP contribution >= 0.6 is 0 Å². The molecule has 2 heteroatoms. The summed E-state index contributed by atoms with van der Waals surface area (Å²) < 4.78 is 4.93. The van der Waals surface area contributed by atoms with Crippen molar-refractivity contribution in [3.05, 3.63) is 12.7 Å². The van der Waals surface area contributed by atoms with E-state index >= 15 is 0 Å². The summed E-state index contributed by atoms with van der Waals surface area (Å²) >= 11 is 0. The third kappa shape index (κ3) is 8.51. The van der Waals surface area contributed by atoms with Crippen molar-refractivity contribution in [2.24, 2.45) is 5.92 Å². The van der Waals surface area contributed by atoms with Gasteiger partial charge in [-0.2, -0.15) is 0 Å². The van der Waals surface area contributed by atoms with Gasteiger partial charge in [-0.3, -0.25) is 0 Å². The van der Waals surface area contributed by atoms with E-state index in [1.54, 1.807) is 0 Å². The van der Waals surface area contributed by atoms with Crippen LogP contribution in [0.15, 0.2) is 12.7 Å². The lowest BCUT2D eigenvalue weighted by molar-refractivity contribution is -0.137. The van der Waals surface area contributed by atoms with Crippen molar-refractivity contribution < 1.29 is 9.53 Å². The number of hydrogen-bond acceptors (Lipinski definition) is 2. The van der Waals surface area contributed by atoms with Gasteiger partial charge in [-0.25, -0.2) is 4.79 Å². The molecule has 0 aliphatic carbocycles. The van der Waals surface area contributed by atoms with Gasteiger partial charge in [0.15, 0.2) is 0 Å². The maximum Gasteiger partial charge on any atom is 0.330 e. The predicted octanol–water partition coefficient (Wildman–Crippen LogP) is 4.10. The lowest BCUT2D eigenvalue weighted by Crippen LogP contribution is -2.03. The van der Waals surface area contributed by atoms with Gasteiger partial charge in [0.05, 0.1) is 6.61 Å². The van der Waals surface area contributed by atoms with Gasteiger partial charge in [-0.15, -0.1) is 0 Å². The molecule has 16 heavy (non-hydrogen) atoms. The maximum absolute atomic E-state index is 10.8. The molecule has 0 N–H and O–H groups in total. The second-order valence-corrected chi connectivity index (χ2v) is 4.28. The molecule has 0 aromatic heterocycles. The van der Waals surface area contributed by atoms with E-state index in [-0.39, 0.29) is 5.97 Å². The molecule has 1 atom stereocenters. The second-order valence-electron chi connectivity index (χ2n) is 4.28. The smallest absolute Gasteiger partial charge is 0.330 e. The summed E-state index contributed by atoms with van der Waals surface area (Å²) in [4.78, 5) is 10.8. The molecule has 94 valence electrons. The maximum atomic E-state index is 10.8. The van der Waals surface area contributed by atoms with Crippen LogP contribution in [0.5, 0.6) is 0 Å². The van der Waals surface area contributed by atoms with Crippen molar-refractivity contribution in [3.8, 4) is 0 Å². The van der Waals surface area contributed by atoms with Gasteiger partial charge in [-0.05, 0) is 18.8 Å². The third-order valence-electron chi connectivity index (χ3n) is 2.96. The van der Waals surface area contributed by atoms with Crippen LogP contribution in [0.1, 0.15) is 58.8 Å². The Morgan fingerprint density at radius 1 is 1.25 bits per heavy atom. The average molecular weight is 226 g/mol. The van der Waals surface area contributed by atoms with Gasteiger partial charge in [0.25, 0.3) is 0 Å². The minimum Gasteiger partial charge on any atom is -0.463 e. The van der Waals surface area contributed by atoms with Crippen LogP contribution in [0.25, 0.3) is 0 Å². The third-order valence-corrected chi connectivity index (χ3v) is 2.96. The van der Waals surface area contributed by atoms with Gasteiger partial charge in [0.1, 0.15) is 0 Å². The Morgan fingerprint density at radius 3 is 2.50 bits per heavy atom. The van der Waals surface area contributed by atoms with Crippen LogP contribution in [0.4, 0.5) is 0 Å². The molecule has 0 radical (unpaired) electrons. The van der Waals surface area contributed by atoms with Gasteiger partial charge >= 0.3 is 5.97 Å². The molecule has 0 aliphatic heterocycles. The van der Waals surface area contributed by atoms with Crippen LogP contribution in [0.2, 0.25) is 0 Å². The standard InChI is InChI=1S/C14H26O2/c1-4-7-10-13(5-2)11-8-9-12-16-14(15)6-3/h6,13H,3-5,7-12H2,1-2H3. The molecule has 2 nitrogen and oxygen atoms in total. The van der Waals surface area contributed by atoms with Crippen molar-refractivity contribution in [2.45, 2.75) is 58.8 Å². The summed E-state index contributed by atoms with van der Waals surface area (Å²) in [6.07, 6.45) is 9.86. The van der Waals surface area contributed by atoms with Gasteiger partial charge < -0.3 is 4.74 Å². The van der Waals surface area contributed by atoms with Crippen LogP contribution in [0, 0.1) is 5.92 Å². The first-order valence-corrected chi connectivity index (χ1v) is 6.53. The quantitative estimate of drug-likeness (QED) is 0.318. The van der Waals surface area contributed by atoms with E-state index in [1.165, 1.54) is 38.2 Å². The van der Waals surface area contributed by atoms with E-state index in [2.05, 4.69) is 20.4 Å². The Hall–Kier alpha value is -0.790. The lowest BCUT2D eigenvalue weighted by atomic mass is 9.94. The highest BCUT2D eigenvalue weighted by Gasteiger charge is 2.05. The highest BCUT2D eigenvalue weighted by atomic mass is 16.5. The number of ether oxygens (including phenoxy) is 1. The number of carbonyl (C=O) groups excluding carboxylic acids is 1. The first-order valence-electron chi connectivity index (χ1n) is 6.53. The number of esters is 1. The summed E-state index contributed by atoms with van der Waals surface area (Å²) in [7, 11) is 0. The highest BCUT2D eigenvalue weighted by Crippen LogP contribution is 2.19. The van der Waals surface area contributed by atoms with E-state index in [0.717, 1.165) is 18.8 Å². The van der Waals surface area contributed by atoms with E-state index in [9.17, 15) is 4.79 Å². The fraction of sp³-hybridized carbons (Fsp3) is 0.786. The van der Waals surface area contributed by atoms with Crippen molar-refractivity contribution in [2.75, 3.05) is 6.61 Å². The molecule has 0 saturated heterocycles. The normalized spacial score (nSPS) is 12.1. The molecule has 0 fully saturated rings. The van der Waals surface area contributed by atoms with Gasteiger partial charge in [-0.1, -0.05) is 52.5 Å². The Labute approximate surface area is 100 Å². The van der Waals surface area contributed by atoms with Crippen LogP contribution in [0.3, 0.4) is 0 Å². The summed E-state index contributed by atoms with van der Waals surface area (Å²) in [5.74, 6) is 0.549. The fourth-order valence-electron chi connectivity index (χ4n) is 1.81. The highest BCUT2D eigenvalue weighted by molar-refractivity contribution is 5.81. The van der Waals surface area contributed by atoms with E-state index in [4.69, 9.17) is 4.74 Å². The molecule has 0 saturated carbocycles. The molecule has 0 rings (SSSR count). The van der Waals surface area contributed by atoms with Crippen LogP contribution in [-0.4, -0.2) is 12.6 Å². The first-order chi connectivity index (χ1) is 7.74. The zero-order valence-electron chi connectivity index (χ0n) is 10.8. The fourth-order valence-corrected chi connectivity index (χ4v) is 1.81. The van der Waals surface area contributed by atoms with Crippen LogP contribution < -0.4 is 0 Å². The summed E-state index contributed by atoms with van der Waals surface area (Å²) in [6.45, 7) is 8.40. The Bertz CT molecular complexity index is 187. The number of hydrogen-bond donors (Lipinski definition) is 0. The molecule has 1 unspecified atom stereocenters. The van der Waals surface area contributed by atoms with Gasteiger partial charge in [0, 0.05) is 6.08 Å². The molecular weight excluding hydrogens is 200 g/mol. The van der Waals surface area contributed by atoms with Gasteiger partial charge in [0.2, 0.25) is 0 Å². The lowest BCUT2D eigenvalue weighted by Gasteiger charge is -2.13. The SMILES string of the molecule is C=CC(=O)OCCCCC(CC)CCCC. The Kier molecular flexibility index (Phi) is 10.2. The van der Waals surface area contributed by atoms with E-state index < -0.39 is 0 Å². The summed E-state index contributed by atoms with van der Waals surface area (Å²) in [5, 5.41) is 0. The van der Waals surface area contributed by atoms with Crippen molar-refractivity contribution >= 4 is 5.97 Å². The Morgan fingerprint density at radius 2 is 1.94 bits per heavy atom. The minimum atomic E-state index is -0.307. The molecule has 0 bridgehead atoms. The summed E-state index contributed by atoms with van der Waals surface area (Å²) in [6, 6.07) is 0. The van der Waals surface area contributed by atoms with Crippen molar-refractivity contribution in [1.82, 2.24) is 0 Å². The second kappa shape index (κ2) is 10.7. The topological polar surface area (TPSA) is 26.3 Å². The number of carbonyl (C=O) groups is 1. The molecule has 0 amide bonds. The summed E-state index contributed by atoms with van der Waals surface area (Å²) in [5.41, 5.74) is 0. The Balaban J connectivity index is 3.40.